The van der Waals surface area contributed by atoms with Crippen LogP contribution in [0.25, 0.3) is 10.1 Å². The molecule has 0 bridgehead atoms. The molecule has 6 rings (SSSR count). The first-order valence-corrected chi connectivity index (χ1v) is 14.2. The Labute approximate surface area is 253 Å². The van der Waals surface area contributed by atoms with Gasteiger partial charge in [0.2, 0.25) is 5.88 Å². The minimum Gasteiger partial charge on any atom is -0.489 e. The highest BCUT2D eigenvalue weighted by Gasteiger charge is 2.31. The molecule has 1 atom stereocenters. The topological polar surface area (TPSA) is 94.6 Å². The van der Waals surface area contributed by atoms with Crippen LogP contribution in [-0.2, 0) is 6.61 Å². The van der Waals surface area contributed by atoms with Crippen molar-refractivity contribution in [2.45, 2.75) is 12.5 Å². The molecule has 4 aromatic carbocycles. The second kappa shape index (κ2) is 11.4. The average molecular weight is 617 g/mol. The molecular formula is C32H19Cl2FN2O4S. The number of allylic oxidation sites excluding steroid dienone is 1. The van der Waals surface area contributed by atoms with Crippen LogP contribution < -0.4 is 19.9 Å². The molecule has 0 fully saturated rings. The number of halogens is 3. The average Bonchev–Trinajstić information content (AvgIpc) is 3.33. The van der Waals surface area contributed by atoms with Gasteiger partial charge >= 0.3 is 5.97 Å². The van der Waals surface area contributed by atoms with Crippen molar-refractivity contribution in [2.24, 2.45) is 5.73 Å². The molecule has 0 saturated heterocycles. The van der Waals surface area contributed by atoms with Crippen molar-refractivity contribution in [3.05, 3.63) is 134 Å². The molecule has 208 valence electrons. The van der Waals surface area contributed by atoms with Crippen molar-refractivity contribution >= 4 is 50.6 Å². The Bertz CT molecular complexity index is 1950. The zero-order valence-electron chi connectivity index (χ0n) is 21.6. The molecule has 0 saturated carbocycles. The number of thiophene rings is 1. The second-order valence-corrected chi connectivity index (χ2v) is 11.2. The van der Waals surface area contributed by atoms with Gasteiger partial charge in [-0.3, -0.25) is 0 Å². The van der Waals surface area contributed by atoms with E-state index in [0.717, 1.165) is 4.70 Å². The van der Waals surface area contributed by atoms with Crippen molar-refractivity contribution in [3.63, 3.8) is 0 Å². The third-order valence-corrected chi connectivity index (χ3v) is 8.68. The number of rotatable bonds is 6. The summed E-state index contributed by atoms with van der Waals surface area (Å²) in [5.41, 5.74) is 8.15. The van der Waals surface area contributed by atoms with Crippen LogP contribution in [0, 0.1) is 17.1 Å². The lowest BCUT2D eigenvalue weighted by Crippen LogP contribution is -2.21. The zero-order valence-corrected chi connectivity index (χ0v) is 23.9. The molecular weight excluding hydrogens is 598 g/mol. The Morgan fingerprint density at radius 2 is 1.83 bits per heavy atom. The Morgan fingerprint density at radius 1 is 1.02 bits per heavy atom. The summed E-state index contributed by atoms with van der Waals surface area (Å²) >= 11 is 13.9. The number of nitrogens with two attached hydrogens (primary N) is 1. The summed E-state index contributed by atoms with van der Waals surface area (Å²) in [5.74, 6) is -0.643. The summed E-state index contributed by atoms with van der Waals surface area (Å²) in [5, 5.41) is 11.2. The summed E-state index contributed by atoms with van der Waals surface area (Å²) in [6.07, 6.45) is 0. The second-order valence-electron chi connectivity index (χ2n) is 9.32. The van der Waals surface area contributed by atoms with Crippen molar-refractivity contribution < 1.29 is 23.4 Å². The van der Waals surface area contributed by atoms with Crippen molar-refractivity contribution in [3.8, 4) is 23.3 Å². The van der Waals surface area contributed by atoms with Gasteiger partial charge in [0.1, 0.15) is 46.2 Å². The fourth-order valence-electron chi connectivity index (χ4n) is 4.76. The minimum atomic E-state index is -0.648. The van der Waals surface area contributed by atoms with Gasteiger partial charge in [0.05, 0.1) is 16.0 Å². The molecule has 0 spiro atoms. The van der Waals surface area contributed by atoms with Gasteiger partial charge in [0, 0.05) is 27.3 Å². The summed E-state index contributed by atoms with van der Waals surface area (Å²) < 4.78 is 32.1. The lowest BCUT2D eigenvalue weighted by atomic mass is 9.83. The highest BCUT2D eigenvalue weighted by atomic mass is 35.5. The molecule has 6 nitrogen and oxygen atoms in total. The molecule has 42 heavy (non-hydrogen) atoms. The number of hydrogen-bond donors (Lipinski definition) is 1. The maximum absolute atomic E-state index is 14.1. The van der Waals surface area contributed by atoms with Gasteiger partial charge in [-0.05, 0) is 42.0 Å². The number of carbonyl (C=O) groups is 1. The summed E-state index contributed by atoms with van der Waals surface area (Å²) in [4.78, 5) is 13.3. The maximum Gasteiger partial charge on any atom is 0.355 e. The number of nitrogens with zero attached hydrogens (tertiary/aromatic N) is 1. The number of fused-ring (bicyclic) bond motifs is 2. The fraction of sp³-hybridized carbons (Fsp3) is 0.0625. The van der Waals surface area contributed by atoms with Crippen LogP contribution in [-0.4, -0.2) is 5.97 Å². The third kappa shape index (κ3) is 5.14. The molecule has 0 radical (unpaired) electrons. The molecule has 1 unspecified atom stereocenters. The van der Waals surface area contributed by atoms with Crippen molar-refractivity contribution in [1.29, 1.82) is 5.26 Å². The summed E-state index contributed by atoms with van der Waals surface area (Å²) in [7, 11) is 0. The van der Waals surface area contributed by atoms with E-state index in [1.807, 2.05) is 12.1 Å². The molecule has 2 N–H and O–H groups in total. The van der Waals surface area contributed by atoms with Crippen LogP contribution in [0.3, 0.4) is 0 Å². The SMILES string of the molecule is N#CC1=C(N)Oc2cc(OC(=O)c3sc4cccc(Cl)c4c3Cl)ccc2C1c1cccc(OCc2ccccc2F)c1. The zero-order chi connectivity index (χ0) is 29.4. The quantitative estimate of drug-likeness (QED) is 0.152. The highest BCUT2D eigenvalue weighted by molar-refractivity contribution is 7.21. The van der Waals surface area contributed by atoms with Crippen LogP contribution in [0.15, 0.2) is 96.4 Å². The van der Waals surface area contributed by atoms with E-state index >= 15 is 0 Å². The first-order chi connectivity index (χ1) is 20.3. The molecule has 2 heterocycles. The lowest BCUT2D eigenvalue weighted by Gasteiger charge is -2.27. The van der Waals surface area contributed by atoms with Crippen molar-refractivity contribution in [2.75, 3.05) is 0 Å². The van der Waals surface area contributed by atoms with Crippen LogP contribution >= 0.6 is 34.5 Å². The van der Waals surface area contributed by atoms with E-state index in [-0.39, 0.29) is 39.5 Å². The third-order valence-electron chi connectivity index (χ3n) is 6.74. The largest absolute Gasteiger partial charge is 0.489 e. The van der Waals surface area contributed by atoms with Gasteiger partial charge in [0.25, 0.3) is 0 Å². The van der Waals surface area contributed by atoms with E-state index in [0.29, 0.717) is 38.6 Å². The molecule has 0 aliphatic carbocycles. The number of nitriles is 1. The molecule has 1 aliphatic rings. The first kappa shape index (κ1) is 27.6. The monoisotopic (exact) mass is 616 g/mol. The number of ether oxygens (including phenoxy) is 3. The van der Waals surface area contributed by atoms with E-state index in [2.05, 4.69) is 6.07 Å². The standard InChI is InChI=1S/C32H19Cl2FN2O4S/c33-23-8-4-10-26-28(23)29(34)30(42-26)32(38)40-20-11-12-21-25(14-20)41-31(37)22(15-36)27(21)17-6-3-7-19(13-17)39-16-18-5-1-2-9-24(18)35/h1-14,27H,16,37H2. The molecule has 1 aromatic heterocycles. The van der Waals surface area contributed by atoms with Gasteiger partial charge in [-0.1, -0.05) is 65.7 Å². The van der Waals surface area contributed by atoms with Gasteiger partial charge in [-0.2, -0.15) is 5.26 Å². The molecule has 0 amide bonds. The Morgan fingerprint density at radius 3 is 2.62 bits per heavy atom. The lowest BCUT2D eigenvalue weighted by molar-refractivity contribution is 0.0740. The van der Waals surface area contributed by atoms with E-state index in [9.17, 15) is 14.4 Å². The van der Waals surface area contributed by atoms with E-state index < -0.39 is 11.9 Å². The number of hydrogen-bond acceptors (Lipinski definition) is 7. The highest BCUT2D eigenvalue weighted by Crippen LogP contribution is 2.45. The summed E-state index contributed by atoms with van der Waals surface area (Å²) in [6, 6.07) is 25.8. The van der Waals surface area contributed by atoms with Gasteiger partial charge in [-0.25, -0.2) is 9.18 Å². The van der Waals surface area contributed by atoms with E-state index in [1.165, 1.54) is 23.5 Å². The normalized spacial score (nSPS) is 14.2. The van der Waals surface area contributed by atoms with Crippen LogP contribution in [0.1, 0.15) is 32.3 Å². The van der Waals surface area contributed by atoms with Crippen LogP contribution in [0.2, 0.25) is 10.0 Å². The van der Waals surface area contributed by atoms with Gasteiger partial charge < -0.3 is 19.9 Å². The van der Waals surface area contributed by atoms with Crippen LogP contribution in [0.5, 0.6) is 17.2 Å². The molecule has 1 aliphatic heterocycles. The van der Waals surface area contributed by atoms with Crippen LogP contribution in [0.4, 0.5) is 4.39 Å². The first-order valence-electron chi connectivity index (χ1n) is 12.6. The number of carbonyl (C=O) groups excluding carboxylic acids is 1. The fourth-order valence-corrected chi connectivity index (χ4v) is 6.58. The smallest absolute Gasteiger partial charge is 0.355 e. The molecule has 5 aromatic rings. The predicted molar refractivity (Wildman–Crippen MR) is 160 cm³/mol. The summed E-state index contributed by atoms with van der Waals surface area (Å²) in [6.45, 7) is 0.0360. The Hall–Kier alpha value is -4.55. The predicted octanol–water partition coefficient (Wildman–Crippen LogP) is 8.36. The maximum atomic E-state index is 14.1. The molecule has 10 heteroatoms. The van der Waals surface area contributed by atoms with Gasteiger partial charge in [-0.15, -0.1) is 11.3 Å². The number of benzene rings is 4. The van der Waals surface area contributed by atoms with Crippen molar-refractivity contribution in [1.82, 2.24) is 0 Å². The van der Waals surface area contributed by atoms with Gasteiger partial charge in [0.15, 0.2) is 0 Å². The van der Waals surface area contributed by atoms with E-state index in [1.54, 1.807) is 60.7 Å². The number of esters is 1. The van der Waals surface area contributed by atoms with E-state index in [4.69, 9.17) is 43.1 Å². The Balaban J connectivity index is 1.29. The Kier molecular flexibility index (Phi) is 7.48. The minimum absolute atomic E-state index is 0.0360.